The number of carbonyl (C=O) groups excluding carboxylic acids is 2. The Kier molecular flexibility index (Phi) is 6.07. The van der Waals surface area contributed by atoms with Gasteiger partial charge in [-0.15, -0.1) is 0 Å². The van der Waals surface area contributed by atoms with Crippen molar-refractivity contribution in [2.75, 3.05) is 24.3 Å². The third-order valence-corrected chi connectivity index (χ3v) is 4.37. The van der Waals surface area contributed by atoms with Crippen LogP contribution in [0.2, 0.25) is 0 Å². The van der Waals surface area contributed by atoms with Crippen molar-refractivity contribution < 1.29 is 9.59 Å². The Labute approximate surface area is 165 Å². The maximum Gasteiger partial charge on any atom is 0.313 e. The molecule has 0 aliphatic heterocycles. The van der Waals surface area contributed by atoms with E-state index in [1.165, 1.54) is 0 Å². The number of hydrogen-bond acceptors (Lipinski definition) is 3. The first-order valence-corrected chi connectivity index (χ1v) is 9.04. The van der Waals surface area contributed by atoms with Crippen molar-refractivity contribution >= 4 is 23.2 Å². The Morgan fingerprint density at radius 1 is 0.750 bits per heavy atom. The third-order valence-electron chi connectivity index (χ3n) is 4.37. The minimum atomic E-state index is -0.701. The summed E-state index contributed by atoms with van der Waals surface area (Å²) < 4.78 is 0. The molecule has 0 unspecified atom stereocenters. The van der Waals surface area contributed by atoms with Crippen LogP contribution in [0.25, 0.3) is 0 Å². The average molecular weight is 373 g/mol. The number of benzene rings is 3. The highest BCUT2D eigenvalue weighted by Crippen LogP contribution is 2.22. The second kappa shape index (κ2) is 8.86. The zero-order valence-electron chi connectivity index (χ0n) is 15.9. The van der Waals surface area contributed by atoms with Crippen LogP contribution in [-0.4, -0.2) is 25.9 Å². The minimum Gasteiger partial charge on any atom is -0.378 e. The molecule has 0 bridgehead atoms. The molecule has 2 N–H and O–H groups in total. The number of hydrogen-bond donors (Lipinski definition) is 2. The van der Waals surface area contributed by atoms with Gasteiger partial charge in [-0.05, 0) is 29.3 Å². The highest BCUT2D eigenvalue weighted by molar-refractivity contribution is 6.39. The summed E-state index contributed by atoms with van der Waals surface area (Å²) in [5.41, 5.74) is 3.32. The van der Waals surface area contributed by atoms with Gasteiger partial charge in [-0.3, -0.25) is 9.59 Å². The lowest BCUT2D eigenvalue weighted by Crippen LogP contribution is -2.38. The van der Waals surface area contributed by atoms with Gasteiger partial charge in [-0.25, -0.2) is 0 Å². The molecule has 142 valence electrons. The van der Waals surface area contributed by atoms with E-state index < -0.39 is 17.9 Å². The molecular weight excluding hydrogens is 350 g/mol. The van der Waals surface area contributed by atoms with Gasteiger partial charge in [-0.1, -0.05) is 66.7 Å². The minimum absolute atomic E-state index is 0.409. The Hall–Kier alpha value is -3.60. The largest absolute Gasteiger partial charge is 0.378 e. The van der Waals surface area contributed by atoms with Gasteiger partial charge in [0.1, 0.15) is 0 Å². The first-order valence-electron chi connectivity index (χ1n) is 9.04. The maximum absolute atomic E-state index is 12.6. The fourth-order valence-electron chi connectivity index (χ4n) is 2.90. The Morgan fingerprint density at radius 2 is 1.32 bits per heavy atom. The smallest absolute Gasteiger partial charge is 0.313 e. The first-order chi connectivity index (χ1) is 13.5. The number of anilines is 2. The van der Waals surface area contributed by atoms with Crippen LogP contribution in [-0.2, 0) is 9.59 Å². The summed E-state index contributed by atoms with van der Waals surface area (Å²) in [6.07, 6.45) is 0. The summed E-state index contributed by atoms with van der Waals surface area (Å²) in [5.74, 6) is -1.39. The zero-order valence-corrected chi connectivity index (χ0v) is 15.9. The number of amides is 2. The first kappa shape index (κ1) is 19.2. The predicted molar refractivity (Wildman–Crippen MR) is 112 cm³/mol. The van der Waals surface area contributed by atoms with Gasteiger partial charge in [0.15, 0.2) is 0 Å². The lowest BCUT2D eigenvalue weighted by molar-refractivity contribution is -0.136. The van der Waals surface area contributed by atoms with E-state index in [0.717, 1.165) is 16.8 Å². The molecule has 0 saturated heterocycles. The van der Waals surface area contributed by atoms with Gasteiger partial charge in [0.25, 0.3) is 0 Å². The number of nitrogens with one attached hydrogen (secondary N) is 2. The van der Waals surface area contributed by atoms with Crippen molar-refractivity contribution in [3.63, 3.8) is 0 Å². The summed E-state index contributed by atoms with van der Waals surface area (Å²) in [6, 6.07) is 26.1. The number of nitrogens with zero attached hydrogens (tertiary/aromatic N) is 1. The molecule has 5 heteroatoms. The van der Waals surface area contributed by atoms with Crippen LogP contribution in [0.15, 0.2) is 84.9 Å². The molecule has 0 atom stereocenters. The van der Waals surface area contributed by atoms with Crippen LogP contribution in [0, 0.1) is 0 Å². The molecule has 0 saturated carbocycles. The van der Waals surface area contributed by atoms with Crippen LogP contribution in [0.1, 0.15) is 17.2 Å². The van der Waals surface area contributed by atoms with E-state index in [0.29, 0.717) is 5.69 Å². The molecular formula is C23H23N3O2. The molecule has 0 aromatic heterocycles. The van der Waals surface area contributed by atoms with Crippen LogP contribution in [0.5, 0.6) is 0 Å². The van der Waals surface area contributed by atoms with Crippen LogP contribution < -0.4 is 15.5 Å². The molecule has 28 heavy (non-hydrogen) atoms. The SMILES string of the molecule is CN(C)c1cccc(NC(=O)C(=O)NC(c2ccccc2)c2ccccc2)c1. The van der Waals surface area contributed by atoms with Crippen molar-refractivity contribution in [3.8, 4) is 0 Å². The maximum atomic E-state index is 12.6. The van der Waals surface area contributed by atoms with E-state index in [1.54, 1.807) is 6.07 Å². The molecule has 0 heterocycles. The van der Waals surface area contributed by atoms with E-state index in [-0.39, 0.29) is 0 Å². The summed E-state index contributed by atoms with van der Waals surface area (Å²) in [6.45, 7) is 0. The van der Waals surface area contributed by atoms with Crippen molar-refractivity contribution in [2.45, 2.75) is 6.04 Å². The molecule has 0 aliphatic carbocycles. The van der Waals surface area contributed by atoms with Crippen LogP contribution >= 0.6 is 0 Å². The highest BCUT2D eigenvalue weighted by Gasteiger charge is 2.21. The standard InChI is InChI=1S/C23H23N3O2/c1-26(2)20-15-9-14-19(16-20)24-22(27)23(28)25-21(17-10-5-3-6-11-17)18-12-7-4-8-13-18/h3-16,21H,1-2H3,(H,24,27)(H,25,28). The topological polar surface area (TPSA) is 61.4 Å². The van der Waals surface area contributed by atoms with Crippen molar-refractivity contribution in [2.24, 2.45) is 0 Å². The summed E-state index contributed by atoms with van der Waals surface area (Å²) in [7, 11) is 3.83. The number of rotatable bonds is 5. The van der Waals surface area contributed by atoms with Crippen LogP contribution in [0.3, 0.4) is 0 Å². The summed E-state index contributed by atoms with van der Waals surface area (Å²) >= 11 is 0. The van der Waals surface area contributed by atoms with E-state index in [4.69, 9.17) is 0 Å². The Balaban J connectivity index is 1.76. The summed E-state index contributed by atoms with van der Waals surface area (Å²) in [5, 5.41) is 5.51. The summed E-state index contributed by atoms with van der Waals surface area (Å²) in [4.78, 5) is 27.0. The number of carbonyl (C=O) groups is 2. The van der Waals surface area contributed by atoms with Gasteiger partial charge in [0, 0.05) is 25.5 Å². The fraction of sp³-hybridized carbons (Fsp3) is 0.130. The van der Waals surface area contributed by atoms with Gasteiger partial charge >= 0.3 is 11.8 Å². The monoisotopic (exact) mass is 373 g/mol. The van der Waals surface area contributed by atoms with Gasteiger partial charge in [0.05, 0.1) is 6.04 Å². The van der Waals surface area contributed by atoms with Crippen molar-refractivity contribution in [1.29, 1.82) is 0 Å². The van der Waals surface area contributed by atoms with E-state index >= 15 is 0 Å². The lowest BCUT2D eigenvalue weighted by Gasteiger charge is -2.20. The van der Waals surface area contributed by atoms with E-state index in [1.807, 2.05) is 97.9 Å². The molecule has 3 rings (SSSR count). The Bertz CT molecular complexity index is 901. The van der Waals surface area contributed by atoms with Gasteiger partial charge < -0.3 is 15.5 Å². The van der Waals surface area contributed by atoms with E-state index in [2.05, 4.69) is 10.6 Å². The zero-order chi connectivity index (χ0) is 19.9. The second-order valence-corrected chi connectivity index (χ2v) is 6.63. The molecule has 0 aliphatic rings. The molecule has 0 fully saturated rings. The fourth-order valence-corrected chi connectivity index (χ4v) is 2.90. The normalized spacial score (nSPS) is 10.4. The Morgan fingerprint density at radius 3 is 1.86 bits per heavy atom. The highest BCUT2D eigenvalue weighted by atomic mass is 16.2. The van der Waals surface area contributed by atoms with Crippen molar-refractivity contribution in [3.05, 3.63) is 96.1 Å². The molecule has 3 aromatic rings. The molecule has 0 spiro atoms. The quantitative estimate of drug-likeness (QED) is 0.672. The van der Waals surface area contributed by atoms with Gasteiger partial charge in [0.2, 0.25) is 0 Å². The molecule has 3 aromatic carbocycles. The van der Waals surface area contributed by atoms with E-state index in [9.17, 15) is 9.59 Å². The average Bonchev–Trinajstić information content (AvgIpc) is 2.73. The third kappa shape index (κ3) is 4.76. The lowest BCUT2D eigenvalue weighted by atomic mass is 9.99. The molecule has 0 radical (unpaired) electrons. The van der Waals surface area contributed by atoms with Crippen LogP contribution in [0.4, 0.5) is 11.4 Å². The molecule has 5 nitrogen and oxygen atoms in total. The second-order valence-electron chi connectivity index (χ2n) is 6.63. The van der Waals surface area contributed by atoms with Crippen molar-refractivity contribution in [1.82, 2.24) is 5.32 Å². The van der Waals surface area contributed by atoms with Gasteiger partial charge in [-0.2, -0.15) is 0 Å². The molecule has 2 amide bonds. The predicted octanol–water partition coefficient (Wildman–Crippen LogP) is 3.60.